The topological polar surface area (TPSA) is 87.4 Å². The second kappa shape index (κ2) is 8.28. The number of carbonyl (C=O) groups is 1. The van der Waals surface area contributed by atoms with Gasteiger partial charge in [0.2, 0.25) is 0 Å². The van der Waals surface area contributed by atoms with Crippen LogP contribution in [0.5, 0.6) is 0 Å². The molecule has 28 heavy (non-hydrogen) atoms. The quantitative estimate of drug-likeness (QED) is 0.793. The molecule has 7 nitrogen and oxygen atoms in total. The lowest BCUT2D eigenvalue weighted by Gasteiger charge is -2.34. The van der Waals surface area contributed by atoms with E-state index in [9.17, 15) is 9.18 Å². The molecule has 1 aliphatic rings. The lowest BCUT2D eigenvalue weighted by Crippen LogP contribution is -2.44. The Kier molecular flexibility index (Phi) is 6.00. The zero-order chi connectivity index (χ0) is 20.4. The van der Waals surface area contributed by atoms with E-state index in [0.29, 0.717) is 17.1 Å². The molecule has 3 N–H and O–H groups in total. The van der Waals surface area contributed by atoms with E-state index in [1.54, 1.807) is 12.1 Å². The summed E-state index contributed by atoms with van der Waals surface area (Å²) in [6.45, 7) is 7.09. The van der Waals surface area contributed by atoms with Gasteiger partial charge >= 0.3 is 0 Å². The summed E-state index contributed by atoms with van der Waals surface area (Å²) in [5.74, 6) is -1.00. The molecule has 1 amide bonds. The zero-order valence-electron chi connectivity index (χ0n) is 16.2. The third-order valence-corrected chi connectivity index (χ3v) is 4.99. The molecule has 150 valence electrons. The molecule has 0 saturated carbocycles. The molecule has 1 aromatic carbocycles. The number of nitrogens with two attached hydrogens (primary N) is 1. The highest BCUT2D eigenvalue weighted by atomic mass is 35.5. The molecule has 3 rings (SSSR count). The van der Waals surface area contributed by atoms with Gasteiger partial charge in [-0.15, -0.1) is 0 Å². The van der Waals surface area contributed by atoms with Gasteiger partial charge in [-0.2, -0.15) is 0 Å². The number of hydrogen-bond donors (Lipinski definition) is 2. The van der Waals surface area contributed by atoms with Crippen molar-refractivity contribution >= 4 is 34.7 Å². The minimum atomic E-state index is -0.733. The fourth-order valence-corrected chi connectivity index (χ4v) is 3.42. The number of likely N-dealkylation sites (N-methyl/N-ethyl adjacent to an activating group) is 1. The second-order valence-electron chi connectivity index (χ2n) is 7.20. The van der Waals surface area contributed by atoms with E-state index in [-0.39, 0.29) is 28.4 Å². The molecule has 1 fully saturated rings. The number of hydrogen-bond acceptors (Lipinski definition) is 6. The van der Waals surface area contributed by atoms with Crippen molar-refractivity contribution in [3.05, 3.63) is 40.6 Å². The summed E-state index contributed by atoms with van der Waals surface area (Å²) in [4.78, 5) is 24.5. The van der Waals surface area contributed by atoms with Gasteiger partial charge in [-0.25, -0.2) is 14.4 Å². The summed E-state index contributed by atoms with van der Waals surface area (Å²) in [7, 11) is 2.05. The Bertz CT molecular complexity index is 883. The minimum absolute atomic E-state index is 0.0209. The highest BCUT2D eigenvalue weighted by Crippen LogP contribution is 2.28. The van der Waals surface area contributed by atoms with Crippen molar-refractivity contribution < 1.29 is 9.18 Å². The van der Waals surface area contributed by atoms with Gasteiger partial charge in [0.05, 0.1) is 11.4 Å². The van der Waals surface area contributed by atoms with Gasteiger partial charge in [0.15, 0.2) is 16.7 Å². The number of amides is 1. The minimum Gasteiger partial charge on any atom is -0.367 e. The monoisotopic (exact) mass is 406 g/mol. The predicted octanol–water partition coefficient (Wildman–Crippen LogP) is 2.99. The maximum absolute atomic E-state index is 14.7. The first kappa shape index (κ1) is 20.3. The number of primary amides is 1. The molecule has 1 aromatic heterocycles. The molecule has 0 bridgehead atoms. The lowest BCUT2D eigenvalue weighted by atomic mass is 10.1. The van der Waals surface area contributed by atoms with E-state index >= 15 is 0 Å². The van der Waals surface area contributed by atoms with Gasteiger partial charge in [0.25, 0.3) is 5.91 Å². The summed E-state index contributed by atoms with van der Waals surface area (Å²) in [6.07, 6.45) is 0. The average molecular weight is 407 g/mol. The zero-order valence-corrected chi connectivity index (χ0v) is 16.9. The van der Waals surface area contributed by atoms with E-state index in [4.69, 9.17) is 17.3 Å². The van der Waals surface area contributed by atoms with Gasteiger partial charge in [-0.1, -0.05) is 25.4 Å². The van der Waals surface area contributed by atoms with Crippen LogP contribution in [0.1, 0.15) is 35.9 Å². The third-order valence-electron chi connectivity index (χ3n) is 4.71. The van der Waals surface area contributed by atoms with Crippen LogP contribution >= 0.6 is 11.6 Å². The van der Waals surface area contributed by atoms with E-state index < -0.39 is 5.91 Å². The number of carbonyl (C=O) groups excluding carboxylic acids is 1. The highest BCUT2D eigenvalue weighted by molar-refractivity contribution is 6.30. The van der Waals surface area contributed by atoms with Gasteiger partial charge in [0.1, 0.15) is 5.82 Å². The van der Waals surface area contributed by atoms with Crippen LogP contribution in [0.25, 0.3) is 0 Å². The summed E-state index contributed by atoms with van der Waals surface area (Å²) < 4.78 is 14.7. The standard InChI is InChI=1S/C19H24ClFN6O/c1-11(2)15-17(20)25-19(16(24-15)18(22)28)23-12-4-5-14(13(21)10-12)27-8-6-26(3)7-9-27/h4-5,10-11H,6-9H2,1-3H3,(H2,22,28)(H,23,25). The highest BCUT2D eigenvalue weighted by Gasteiger charge is 2.20. The first-order chi connectivity index (χ1) is 13.3. The van der Waals surface area contributed by atoms with Crippen molar-refractivity contribution in [2.75, 3.05) is 43.4 Å². The number of nitrogens with one attached hydrogen (secondary N) is 1. The molecule has 0 radical (unpaired) electrons. The molecule has 0 spiro atoms. The summed E-state index contributed by atoms with van der Waals surface area (Å²) in [6, 6.07) is 4.81. The Hall–Kier alpha value is -2.45. The van der Waals surface area contributed by atoms with Crippen molar-refractivity contribution in [1.29, 1.82) is 0 Å². The molecular weight excluding hydrogens is 383 g/mol. The lowest BCUT2D eigenvalue weighted by molar-refractivity contribution is 0.0996. The molecule has 9 heteroatoms. The molecule has 2 heterocycles. The molecular formula is C19H24ClFN6O. The third kappa shape index (κ3) is 4.34. The number of anilines is 3. The smallest absolute Gasteiger partial charge is 0.271 e. The number of piperazine rings is 1. The van der Waals surface area contributed by atoms with Gasteiger partial charge < -0.3 is 20.9 Å². The Morgan fingerprint density at radius 1 is 1.25 bits per heavy atom. The van der Waals surface area contributed by atoms with Crippen molar-refractivity contribution in [2.24, 2.45) is 5.73 Å². The Morgan fingerprint density at radius 3 is 2.50 bits per heavy atom. The molecule has 0 aliphatic carbocycles. The Labute approximate surface area is 168 Å². The summed E-state index contributed by atoms with van der Waals surface area (Å²) >= 11 is 6.19. The van der Waals surface area contributed by atoms with Crippen LogP contribution in [0.4, 0.5) is 21.6 Å². The average Bonchev–Trinajstić information content (AvgIpc) is 2.62. The first-order valence-corrected chi connectivity index (χ1v) is 9.51. The predicted molar refractivity (Wildman–Crippen MR) is 109 cm³/mol. The van der Waals surface area contributed by atoms with Crippen LogP contribution in [0.2, 0.25) is 5.15 Å². The van der Waals surface area contributed by atoms with Crippen molar-refractivity contribution in [3.63, 3.8) is 0 Å². The molecule has 1 saturated heterocycles. The van der Waals surface area contributed by atoms with Crippen LogP contribution in [-0.2, 0) is 0 Å². The van der Waals surface area contributed by atoms with Crippen LogP contribution in [0, 0.1) is 5.82 Å². The molecule has 0 atom stereocenters. The molecule has 1 aliphatic heterocycles. The van der Waals surface area contributed by atoms with Crippen molar-refractivity contribution in [3.8, 4) is 0 Å². The number of nitrogens with zero attached hydrogens (tertiary/aromatic N) is 4. The second-order valence-corrected chi connectivity index (χ2v) is 7.56. The normalized spacial score (nSPS) is 15.1. The number of benzene rings is 1. The fourth-order valence-electron chi connectivity index (χ4n) is 3.08. The summed E-state index contributed by atoms with van der Waals surface area (Å²) in [5, 5.41) is 3.09. The molecule has 2 aromatic rings. The number of rotatable bonds is 5. The Morgan fingerprint density at radius 2 is 1.93 bits per heavy atom. The summed E-state index contributed by atoms with van der Waals surface area (Å²) in [5.41, 5.74) is 6.87. The first-order valence-electron chi connectivity index (χ1n) is 9.13. The van der Waals surface area contributed by atoms with E-state index in [1.165, 1.54) is 6.07 Å². The maximum Gasteiger partial charge on any atom is 0.271 e. The SMILES string of the molecule is CC(C)c1nc(C(N)=O)c(Nc2ccc(N3CCN(C)CC3)c(F)c2)nc1Cl. The van der Waals surface area contributed by atoms with Gasteiger partial charge in [-0.3, -0.25) is 4.79 Å². The van der Waals surface area contributed by atoms with E-state index in [0.717, 1.165) is 26.2 Å². The largest absolute Gasteiger partial charge is 0.367 e. The number of halogens is 2. The van der Waals surface area contributed by atoms with Gasteiger partial charge in [-0.05, 0) is 31.2 Å². The fraction of sp³-hybridized carbons (Fsp3) is 0.421. The van der Waals surface area contributed by atoms with Crippen LogP contribution in [0.3, 0.4) is 0 Å². The van der Waals surface area contributed by atoms with E-state index in [2.05, 4.69) is 20.2 Å². The van der Waals surface area contributed by atoms with Crippen LogP contribution in [-0.4, -0.2) is 54.0 Å². The van der Waals surface area contributed by atoms with E-state index in [1.807, 2.05) is 25.8 Å². The Balaban J connectivity index is 1.87. The number of aromatic nitrogens is 2. The van der Waals surface area contributed by atoms with Crippen molar-refractivity contribution in [1.82, 2.24) is 14.9 Å². The maximum atomic E-state index is 14.7. The van der Waals surface area contributed by atoms with Crippen LogP contribution in [0.15, 0.2) is 18.2 Å². The van der Waals surface area contributed by atoms with Crippen molar-refractivity contribution in [2.45, 2.75) is 19.8 Å². The van der Waals surface area contributed by atoms with Gasteiger partial charge in [0, 0.05) is 31.9 Å². The molecule has 0 unspecified atom stereocenters. The van der Waals surface area contributed by atoms with Crippen LogP contribution < -0.4 is 16.0 Å².